The number of H-pyrrole nitrogens is 1. The molecular weight excluding hydrogens is 464 g/mol. The number of aliphatic hydroxyl groups is 1. The third-order valence-electron chi connectivity index (χ3n) is 6.81. The summed E-state index contributed by atoms with van der Waals surface area (Å²) in [6.07, 6.45) is 6.27. The maximum absolute atomic E-state index is 12.9. The number of hydrogen-bond acceptors (Lipinski definition) is 6. The summed E-state index contributed by atoms with van der Waals surface area (Å²) < 4.78 is 0. The lowest BCUT2D eigenvalue weighted by Gasteiger charge is -2.34. The Balaban J connectivity index is 1.35. The molecule has 8 nitrogen and oxygen atoms in total. The fraction of sp³-hybridized carbons (Fsp3) is 0.500. The summed E-state index contributed by atoms with van der Waals surface area (Å²) in [5.41, 5.74) is 2.67. The molecule has 9 heteroatoms. The molecule has 1 aliphatic heterocycles. The number of para-hydroxylation sites is 1. The van der Waals surface area contributed by atoms with Crippen LogP contribution in [0.2, 0.25) is 5.02 Å². The number of anilines is 1. The largest absolute Gasteiger partial charge is 0.395 e. The van der Waals surface area contributed by atoms with Gasteiger partial charge in [0.2, 0.25) is 11.9 Å². The van der Waals surface area contributed by atoms with Gasteiger partial charge in [0.15, 0.2) is 0 Å². The number of carbonyl (C=O) groups is 1. The zero-order valence-electron chi connectivity index (χ0n) is 20.5. The van der Waals surface area contributed by atoms with Gasteiger partial charge in [-0.1, -0.05) is 50.1 Å². The average Bonchev–Trinajstić information content (AvgIpc) is 3.29. The lowest BCUT2D eigenvalue weighted by Crippen LogP contribution is -2.47. The highest BCUT2D eigenvalue weighted by Gasteiger charge is 2.25. The van der Waals surface area contributed by atoms with E-state index < -0.39 is 0 Å². The van der Waals surface area contributed by atoms with Crippen molar-refractivity contribution in [2.45, 2.75) is 39.2 Å². The Morgan fingerprint density at radius 3 is 2.86 bits per heavy atom. The van der Waals surface area contributed by atoms with Gasteiger partial charge < -0.3 is 20.3 Å². The number of likely N-dealkylation sites (tertiary alicyclic amines) is 1. The van der Waals surface area contributed by atoms with Crippen LogP contribution in [0, 0.1) is 5.92 Å². The Morgan fingerprint density at radius 2 is 2.11 bits per heavy atom. The molecule has 1 amide bonds. The smallest absolute Gasteiger partial charge is 0.236 e. The lowest BCUT2D eigenvalue weighted by atomic mass is 10.0. The van der Waals surface area contributed by atoms with Crippen LogP contribution < -0.4 is 5.32 Å². The molecule has 3 aromatic rings. The summed E-state index contributed by atoms with van der Waals surface area (Å²) >= 11 is 6.46. The van der Waals surface area contributed by atoms with E-state index in [9.17, 15) is 9.90 Å². The number of aromatic amines is 1. The van der Waals surface area contributed by atoms with E-state index in [2.05, 4.69) is 34.0 Å². The minimum Gasteiger partial charge on any atom is -0.395 e. The monoisotopic (exact) mass is 498 g/mol. The van der Waals surface area contributed by atoms with E-state index in [0.29, 0.717) is 48.8 Å². The third-order valence-corrected chi connectivity index (χ3v) is 7.09. The number of halogens is 1. The Kier molecular flexibility index (Phi) is 8.59. The number of aromatic nitrogens is 3. The highest BCUT2D eigenvalue weighted by atomic mass is 35.5. The van der Waals surface area contributed by atoms with Gasteiger partial charge in [-0.3, -0.25) is 9.69 Å². The molecule has 0 radical (unpaired) electrons. The van der Waals surface area contributed by atoms with Gasteiger partial charge in [-0.15, -0.1) is 0 Å². The SMILES string of the molecule is CCC(C)CN(CCO)CC(=O)N1CCC(Nc2ncc(Cl)c(-c3c[nH]c4ccccc34)n2)CC1. The van der Waals surface area contributed by atoms with E-state index in [1.807, 2.05) is 35.4 Å². The lowest BCUT2D eigenvalue weighted by molar-refractivity contribution is -0.133. The molecule has 1 fully saturated rings. The van der Waals surface area contributed by atoms with Crippen molar-refractivity contribution >= 4 is 34.4 Å². The Morgan fingerprint density at radius 1 is 1.34 bits per heavy atom. The summed E-state index contributed by atoms with van der Waals surface area (Å²) in [5, 5.41) is 14.4. The van der Waals surface area contributed by atoms with Crippen LogP contribution in [0.15, 0.2) is 36.7 Å². The minimum atomic E-state index is 0.0668. The van der Waals surface area contributed by atoms with Crippen molar-refractivity contribution in [1.29, 1.82) is 0 Å². The standard InChI is InChI=1S/C26H35ClN6O2/c1-3-18(2)16-32(12-13-34)17-24(35)33-10-8-19(9-11-33)30-26-29-15-22(27)25(31-26)21-14-28-23-7-5-4-6-20(21)23/h4-7,14-15,18-19,28,34H,3,8-13,16-17H2,1-2H3,(H,29,30,31). The number of carbonyl (C=O) groups excluding carboxylic acids is 1. The van der Waals surface area contributed by atoms with Crippen LogP contribution in [0.25, 0.3) is 22.2 Å². The normalized spacial score (nSPS) is 15.6. The summed E-state index contributed by atoms with van der Waals surface area (Å²) in [6, 6.07) is 8.24. The van der Waals surface area contributed by atoms with E-state index in [1.165, 1.54) is 0 Å². The second-order valence-electron chi connectivity index (χ2n) is 9.41. The van der Waals surface area contributed by atoms with Crippen LogP contribution in [0.1, 0.15) is 33.1 Å². The van der Waals surface area contributed by atoms with Gasteiger partial charge in [0.1, 0.15) is 0 Å². The molecule has 1 aliphatic rings. The predicted octanol–water partition coefficient (Wildman–Crippen LogP) is 4.02. The first-order valence-corrected chi connectivity index (χ1v) is 12.8. The molecule has 0 saturated carbocycles. The van der Waals surface area contributed by atoms with Crippen LogP contribution in [0.4, 0.5) is 5.95 Å². The zero-order chi connectivity index (χ0) is 24.8. The van der Waals surface area contributed by atoms with Crippen LogP contribution in [0.3, 0.4) is 0 Å². The number of piperidine rings is 1. The number of benzene rings is 1. The molecule has 188 valence electrons. The van der Waals surface area contributed by atoms with E-state index in [1.54, 1.807) is 6.20 Å². The Labute approximate surface area is 211 Å². The molecular formula is C26H35ClN6O2. The van der Waals surface area contributed by atoms with Gasteiger partial charge in [0, 0.05) is 54.9 Å². The number of hydrogen-bond donors (Lipinski definition) is 3. The van der Waals surface area contributed by atoms with Gasteiger partial charge in [0.05, 0.1) is 30.1 Å². The van der Waals surface area contributed by atoms with Crippen LogP contribution in [-0.2, 0) is 4.79 Å². The second-order valence-corrected chi connectivity index (χ2v) is 9.82. The van der Waals surface area contributed by atoms with Crippen molar-refractivity contribution in [2.75, 3.05) is 44.6 Å². The molecule has 3 heterocycles. The number of aliphatic hydroxyl groups excluding tert-OH is 1. The van der Waals surface area contributed by atoms with Crippen LogP contribution in [0.5, 0.6) is 0 Å². The van der Waals surface area contributed by atoms with Crippen LogP contribution in [-0.4, -0.2) is 81.1 Å². The predicted molar refractivity (Wildman–Crippen MR) is 141 cm³/mol. The fourth-order valence-electron chi connectivity index (χ4n) is 4.59. The van der Waals surface area contributed by atoms with Crippen molar-refractivity contribution in [3.63, 3.8) is 0 Å². The van der Waals surface area contributed by atoms with Gasteiger partial charge >= 0.3 is 0 Å². The van der Waals surface area contributed by atoms with Gasteiger partial charge in [-0.05, 0) is 24.8 Å². The number of fused-ring (bicyclic) bond motifs is 1. The van der Waals surface area contributed by atoms with E-state index in [4.69, 9.17) is 16.6 Å². The third kappa shape index (κ3) is 6.31. The molecule has 0 bridgehead atoms. The molecule has 1 aromatic carbocycles. The van der Waals surface area contributed by atoms with E-state index in [0.717, 1.165) is 42.3 Å². The number of nitrogens with one attached hydrogen (secondary N) is 2. The summed E-state index contributed by atoms with van der Waals surface area (Å²) in [5.74, 6) is 1.17. The van der Waals surface area contributed by atoms with Crippen molar-refractivity contribution in [3.05, 3.63) is 41.7 Å². The molecule has 1 saturated heterocycles. The number of nitrogens with zero attached hydrogens (tertiary/aromatic N) is 4. The molecule has 35 heavy (non-hydrogen) atoms. The van der Waals surface area contributed by atoms with Gasteiger partial charge in [-0.25, -0.2) is 9.97 Å². The van der Waals surface area contributed by atoms with Crippen molar-refractivity contribution in [2.24, 2.45) is 5.92 Å². The van der Waals surface area contributed by atoms with Crippen molar-refractivity contribution < 1.29 is 9.90 Å². The van der Waals surface area contributed by atoms with Gasteiger partial charge in [0.25, 0.3) is 0 Å². The second kappa shape index (κ2) is 11.8. The summed E-state index contributed by atoms with van der Waals surface area (Å²) in [6.45, 7) is 7.48. The first kappa shape index (κ1) is 25.4. The first-order valence-electron chi connectivity index (χ1n) is 12.4. The summed E-state index contributed by atoms with van der Waals surface area (Å²) in [4.78, 5) is 29.3. The highest BCUT2D eigenvalue weighted by molar-refractivity contribution is 6.33. The van der Waals surface area contributed by atoms with Gasteiger partial charge in [-0.2, -0.15) is 0 Å². The fourth-order valence-corrected chi connectivity index (χ4v) is 4.78. The molecule has 0 aliphatic carbocycles. The molecule has 1 atom stereocenters. The zero-order valence-corrected chi connectivity index (χ0v) is 21.3. The Hall–Kier alpha value is -2.68. The quantitative estimate of drug-likeness (QED) is 0.390. The maximum Gasteiger partial charge on any atom is 0.236 e. The molecule has 1 unspecified atom stereocenters. The van der Waals surface area contributed by atoms with Crippen molar-refractivity contribution in [3.8, 4) is 11.3 Å². The molecule has 4 rings (SSSR count). The van der Waals surface area contributed by atoms with E-state index in [-0.39, 0.29) is 18.6 Å². The molecule has 0 spiro atoms. The number of rotatable bonds is 10. The summed E-state index contributed by atoms with van der Waals surface area (Å²) in [7, 11) is 0. The molecule has 2 aromatic heterocycles. The Bertz CT molecular complexity index is 1130. The minimum absolute atomic E-state index is 0.0668. The van der Waals surface area contributed by atoms with E-state index >= 15 is 0 Å². The first-order chi connectivity index (χ1) is 17.0. The molecule has 3 N–H and O–H groups in total. The van der Waals surface area contributed by atoms with Crippen molar-refractivity contribution in [1.82, 2.24) is 24.8 Å². The topological polar surface area (TPSA) is 97.4 Å². The average molecular weight is 499 g/mol. The highest BCUT2D eigenvalue weighted by Crippen LogP contribution is 2.32. The number of amides is 1. The maximum atomic E-state index is 12.9. The van der Waals surface area contributed by atoms with Crippen LogP contribution >= 0.6 is 11.6 Å².